The standard InChI is InChI=1S/C21H21F2N3/c22-18-9-7-15(8-10-18)19-12-24-25-21(19)17-5-3-11-26(14-17)13-16-4-1-2-6-20(16)23/h1-2,4,6-10,12,17H,3,5,11,13-14H2,(H,24,25). The molecular weight excluding hydrogens is 332 g/mol. The lowest BCUT2D eigenvalue weighted by Crippen LogP contribution is -2.34. The molecule has 1 aromatic heterocycles. The van der Waals surface area contributed by atoms with Gasteiger partial charge >= 0.3 is 0 Å². The summed E-state index contributed by atoms with van der Waals surface area (Å²) in [5.41, 5.74) is 3.79. The third-order valence-electron chi connectivity index (χ3n) is 5.09. The van der Waals surface area contributed by atoms with Gasteiger partial charge in [0.05, 0.1) is 6.20 Å². The number of likely N-dealkylation sites (tertiary alicyclic amines) is 1. The van der Waals surface area contributed by atoms with Crippen LogP contribution in [0.3, 0.4) is 0 Å². The first-order valence-corrected chi connectivity index (χ1v) is 8.95. The highest BCUT2D eigenvalue weighted by Crippen LogP contribution is 2.33. The van der Waals surface area contributed by atoms with Gasteiger partial charge in [0.2, 0.25) is 0 Å². The van der Waals surface area contributed by atoms with Crippen LogP contribution in [0.25, 0.3) is 11.1 Å². The summed E-state index contributed by atoms with van der Waals surface area (Å²) in [4.78, 5) is 2.29. The average Bonchev–Trinajstić information content (AvgIpc) is 3.14. The van der Waals surface area contributed by atoms with Gasteiger partial charge in [0.15, 0.2) is 0 Å². The molecule has 1 aliphatic heterocycles. The number of aromatic amines is 1. The summed E-state index contributed by atoms with van der Waals surface area (Å²) in [7, 11) is 0. The minimum Gasteiger partial charge on any atom is -0.298 e. The molecule has 1 unspecified atom stereocenters. The fourth-order valence-electron chi connectivity index (χ4n) is 3.77. The summed E-state index contributed by atoms with van der Waals surface area (Å²) in [6, 6.07) is 13.5. The van der Waals surface area contributed by atoms with Crippen molar-refractivity contribution in [1.29, 1.82) is 0 Å². The van der Waals surface area contributed by atoms with Crippen LogP contribution in [0.2, 0.25) is 0 Å². The van der Waals surface area contributed by atoms with E-state index in [0.717, 1.165) is 48.3 Å². The zero-order valence-corrected chi connectivity index (χ0v) is 14.5. The minimum absolute atomic E-state index is 0.150. The Morgan fingerprint density at radius 3 is 2.69 bits per heavy atom. The zero-order valence-electron chi connectivity index (χ0n) is 14.5. The number of hydrogen-bond acceptors (Lipinski definition) is 2. The van der Waals surface area contributed by atoms with Crippen LogP contribution in [0.15, 0.2) is 54.7 Å². The molecule has 0 amide bonds. The van der Waals surface area contributed by atoms with Crippen molar-refractivity contribution in [2.45, 2.75) is 25.3 Å². The second kappa shape index (κ2) is 7.38. The van der Waals surface area contributed by atoms with E-state index < -0.39 is 0 Å². The van der Waals surface area contributed by atoms with E-state index in [1.165, 1.54) is 18.2 Å². The molecule has 0 spiro atoms. The van der Waals surface area contributed by atoms with Crippen LogP contribution in [-0.4, -0.2) is 28.2 Å². The number of halogens is 2. The Bertz CT molecular complexity index is 873. The monoisotopic (exact) mass is 353 g/mol. The average molecular weight is 353 g/mol. The van der Waals surface area contributed by atoms with Gasteiger partial charge in [0.25, 0.3) is 0 Å². The van der Waals surface area contributed by atoms with E-state index >= 15 is 0 Å². The van der Waals surface area contributed by atoms with E-state index in [-0.39, 0.29) is 11.6 Å². The molecule has 1 atom stereocenters. The van der Waals surface area contributed by atoms with Gasteiger partial charge < -0.3 is 0 Å². The number of nitrogens with one attached hydrogen (secondary N) is 1. The van der Waals surface area contributed by atoms with Crippen molar-refractivity contribution in [3.63, 3.8) is 0 Å². The normalized spacial score (nSPS) is 18.2. The number of nitrogens with zero attached hydrogens (tertiary/aromatic N) is 2. The molecular formula is C21H21F2N3. The number of H-pyrrole nitrogens is 1. The molecule has 0 aliphatic carbocycles. The molecule has 0 radical (unpaired) electrons. The number of rotatable bonds is 4. The Hall–Kier alpha value is -2.53. The molecule has 3 aromatic rings. The molecule has 1 fully saturated rings. The Morgan fingerprint density at radius 1 is 1.08 bits per heavy atom. The number of hydrogen-bond donors (Lipinski definition) is 1. The lowest BCUT2D eigenvalue weighted by Gasteiger charge is -2.32. The predicted molar refractivity (Wildman–Crippen MR) is 97.6 cm³/mol. The molecule has 2 aromatic carbocycles. The number of aromatic nitrogens is 2. The molecule has 26 heavy (non-hydrogen) atoms. The smallest absolute Gasteiger partial charge is 0.127 e. The Labute approximate surface area is 151 Å². The molecule has 1 N–H and O–H groups in total. The van der Waals surface area contributed by atoms with Crippen molar-refractivity contribution in [2.24, 2.45) is 0 Å². The van der Waals surface area contributed by atoms with E-state index in [1.54, 1.807) is 24.4 Å². The van der Waals surface area contributed by atoms with Crippen LogP contribution >= 0.6 is 0 Å². The fourth-order valence-corrected chi connectivity index (χ4v) is 3.77. The van der Waals surface area contributed by atoms with Crippen molar-refractivity contribution in [3.8, 4) is 11.1 Å². The van der Waals surface area contributed by atoms with Gasteiger partial charge in [0, 0.05) is 35.8 Å². The maximum atomic E-state index is 14.0. The van der Waals surface area contributed by atoms with Gasteiger partial charge in [-0.1, -0.05) is 30.3 Å². The first-order valence-electron chi connectivity index (χ1n) is 8.95. The molecule has 3 nitrogen and oxygen atoms in total. The molecule has 0 saturated carbocycles. The maximum Gasteiger partial charge on any atom is 0.127 e. The molecule has 1 saturated heterocycles. The summed E-state index contributed by atoms with van der Waals surface area (Å²) < 4.78 is 27.2. The molecule has 0 bridgehead atoms. The van der Waals surface area contributed by atoms with Gasteiger partial charge in [-0.15, -0.1) is 0 Å². The topological polar surface area (TPSA) is 31.9 Å². The van der Waals surface area contributed by atoms with Gasteiger partial charge in [-0.25, -0.2) is 8.78 Å². The third kappa shape index (κ3) is 3.53. The second-order valence-electron chi connectivity index (χ2n) is 6.87. The van der Waals surface area contributed by atoms with E-state index in [4.69, 9.17) is 0 Å². The quantitative estimate of drug-likeness (QED) is 0.735. The van der Waals surface area contributed by atoms with E-state index in [0.29, 0.717) is 12.5 Å². The van der Waals surface area contributed by atoms with E-state index in [2.05, 4.69) is 15.1 Å². The first kappa shape index (κ1) is 16.9. The zero-order chi connectivity index (χ0) is 17.9. The van der Waals surface area contributed by atoms with Crippen molar-refractivity contribution in [3.05, 3.63) is 77.6 Å². The van der Waals surface area contributed by atoms with Gasteiger partial charge in [-0.3, -0.25) is 10.00 Å². The van der Waals surface area contributed by atoms with Crippen molar-refractivity contribution < 1.29 is 8.78 Å². The minimum atomic E-state index is -0.243. The summed E-state index contributed by atoms with van der Waals surface area (Å²) in [6.07, 6.45) is 3.92. The highest BCUT2D eigenvalue weighted by Gasteiger charge is 2.25. The van der Waals surface area contributed by atoms with Crippen LogP contribution in [0.5, 0.6) is 0 Å². The highest BCUT2D eigenvalue weighted by molar-refractivity contribution is 5.65. The number of benzene rings is 2. The van der Waals surface area contributed by atoms with Gasteiger partial charge in [-0.05, 0) is 43.1 Å². The van der Waals surface area contributed by atoms with Crippen LogP contribution in [0, 0.1) is 11.6 Å². The Morgan fingerprint density at radius 2 is 1.88 bits per heavy atom. The summed E-state index contributed by atoms with van der Waals surface area (Å²) in [5, 5.41) is 7.36. The van der Waals surface area contributed by atoms with Gasteiger partial charge in [0.1, 0.15) is 11.6 Å². The van der Waals surface area contributed by atoms with Crippen molar-refractivity contribution in [1.82, 2.24) is 15.1 Å². The van der Waals surface area contributed by atoms with Gasteiger partial charge in [-0.2, -0.15) is 5.10 Å². The Balaban J connectivity index is 1.53. The van der Waals surface area contributed by atoms with Crippen LogP contribution in [0.4, 0.5) is 8.78 Å². The Kier molecular flexibility index (Phi) is 4.80. The summed E-state index contributed by atoms with van der Waals surface area (Å²) in [6.45, 7) is 2.43. The third-order valence-corrected chi connectivity index (χ3v) is 5.09. The first-order chi connectivity index (χ1) is 12.7. The van der Waals surface area contributed by atoms with Crippen LogP contribution < -0.4 is 0 Å². The number of piperidine rings is 1. The highest BCUT2D eigenvalue weighted by atomic mass is 19.1. The van der Waals surface area contributed by atoms with E-state index in [9.17, 15) is 8.78 Å². The summed E-state index contributed by atoms with van der Waals surface area (Å²) in [5.74, 6) is -0.0891. The van der Waals surface area contributed by atoms with Crippen LogP contribution in [-0.2, 0) is 6.54 Å². The lowest BCUT2D eigenvalue weighted by molar-refractivity contribution is 0.196. The molecule has 2 heterocycles. The SMILES string of the molecule is Fc1ccc(-c2cn[nH]c2C2CCCN(Cc3ccccc3F)C2)cc1. The van der Waals surface area contributed by atoms with Crippen molar-refractivity contribution >= 4 is 0 Å². The molecule has 134 valence electrons. The fraction of sp³-hybridized carbons (Fsp3) is 0.286. The molecule has 5 heteroatoms. The van der Waals surface area contributed by atoms with Crippen molar-refractivity contribution in [2.75, 3.05) is 13.1 Å². The maximum absolute atomic E-state index is 14.0. The lowest BCUT2D eigenvalue weighted by atomic mass is 9.90. The summed E-state index contributed by atoms with van der Waals surface area (Å²) >= 11 is 0. The van der Waals surface area contributed by atoms with E-state index in [1.807, 2.05) is 12.1 Å². The molecule has 1 aliphatic rings. The second-order valence-corrected chi connectivity index (χ2v) is 6.87. The predicted octanol–water partition coefficient (Wildman–Crippen LogP) is 4.73. The largest absolute Gasteiger partial charge is 0.298 e. The molecule has 4 rings (SSSR count). The van der Waals surface area contributed by atoms with Crippen LogP contribution in [0.1, 0.15) is 30.0 Å².